The van der Waals surface area contributed by atoms with Crippen LogP contribution in [0.1, 0.15) is 49.8 Å². The van der Waals surface area contributed by atoms with E-state index in [0.717, 1.165) is 16.7 Å². The lowest BCUT2D eigenvalue weighted by atomic mass is 9.84. The van der Waals surface area contributed by atoms with E-state index in [4.69, 9.17) is 0 Å². The maximum atomic E-state index is 14.1. The lowest BCUT2D eigenvalue weighted by molar-refractivity contribution is -0.309. The smallest absolute Gasteiger partial charge is 0.319 e. The minimum Gasteiger partial charge on any atom is -0.548 e. The maximum Gasteiger partial charge on any atom is 0.319 e. The lowest BCUT2D eigenvalue weighted by Crippen LogP contribution is -2.61. The molecule has 37 heavy (non-hydrogen) atoms. The molecule has 1 aliphatic rings. The standard InChI is InChI=1S/C30H33N3O4/c1-19-11-10-14-21(17-19)31-29(37)32-24-18-23(20-12-6-5-7-13-20)22-15-8-9-16-25(22)33(27(24)34)26(28(35)36)30(2,3)4/h5-17,23-24,26H,18H2,1-4H3,(H,35,36)(H2,31,32,37)/p-1. The molecule has 7 nitrogen and oxygen atoms in total. The second-order valence-corrected chi connectivity index (χ2v) is 10.6. The van der Waals surface area contributed by atoms with Crippen LogP contribution in [-0.4, -0.2) is 30.0 Å². The molecule has 3 unspecified atom stereocenters. The van der Waals surface area contributed by atoms with Crippen LogP contribution in [0.25, 0.3) is 0 Å². The Kier molecular flexibility index (Phi) is 7.34. The molecule has 3 atom stereocenters. The van der Waals surface area contributed by atoms with Crippen molar-refractivity contribution in [2.45, 2.75) is 52.1 Å². The summed E-state index contributed by atoms with van der Waals surface area (Å²) in [6.07, 6.45) is 0.265. The number of hydrogen-bond donors (Lipinski definition) is 2. The minimum atomic E-state index is -1.35. The second kappa shape index (κ2) is 10.5. The zero-order valence-corrected chi connectivity index (χ0v) is 21.5. The van der Waals surface area contributed by atoms with Crippen molar-refractivity contribution < 1.29 is 19.5 Å². The van der Waals surface area contributed by atoms with Crippen LogP contribution >= 0.6 is 0 Å². The summed E-state index contributed by atoms with van der Waals surface area (Å²) < 4.78 is 0. The molecule has 0 saturated heterocycles. The number of nitrogens with zero attached hydrogens (tertiary/aromatic N) is 1. The summed E-state index contributed by atoms with van der Waals surface area (Å²) in [7, 11) is 0. The van der Waals surface area contributed by atoms with Crippen molar-refractivity contribution in [1.29, 1.82) is 0 Å². The second-order valence-electron chi connectivity index (χ2n) is 10.6. The molecule has 4 rings (SSSR count). The minimum absolute atomic E-state index is 0.252. The number of carboxylic acid groups (broad SMARTS) is 1. The third kappa shape index (κ3) is 5.66. The van der Waals surface area contributed by atoms with E-state index < -0.39 is 35.4 Å². The van der Waals surface area contributed by atoms with Crippen LogP contribution in [0, 0.1) is 12.3 Å². The van der Waals surface area contributed by atoms with Gasteiger partial charge in [0.15, 0.2) is 0 Å². The topological polar surface area (TPSA) is 102 Å². The number of aliphatic carboxylic acids is 1. The van der Waals surface area contributed by atoms with Crippen LogP contribution in [0.3, 0.4) is 0 Å². The quantitative estimate of drug-likeness (QED) is 0.550. The van der Waals surface area contributed by atoms with Gasteiger partial charge in [0.05, 0.1) is 12.0 Å². The van der Waals surface area contributed by atoms with E-state index in [0.29, 0.717) is 11.4 Å². The fourth-order valence-corrected chi connectivity index (χ4v) is 5.03. The largest absolute Gasteiger partial charge is 0.548 e. The van der Waals surface area contributed by atoms with E-state index in [-0.39, 0.29) is 12.3 Å². The Hall–Kier alpha value is -4.13. The molecule has 0 saturated carbocycles. The number of para-hydroxylation sites is 1. The summed E-state index contributed by atoms with van der Waals surface area (Å²) in [5, 5.41) is 18.1. The Morgan fingerprint density at radius 1 is 0.973 bits per heavy atom. The third-order valence-electron chi connectivity index (χ3n) is 6.66. The summed E-state index contributed by atoms with van der Waals surface area (Å²) in [4.78, 5) is 40.9. The van der Waals surface area contributed by atoms with Gasteiger partial charge >= 0.3 is 6.03 Å². The number of amides is 3. The van der Waals surface area contributed by atoms with E-state index in [1.807, 2.05) is 67.6 Å². The molecule has 2 N–H and O–H groups in total. The van der Waals surface area contributed by atoms with E-state index >= 15 is 0 Å². The summed E-state index contributed by atoms with van der Waals surface area (Å²) in [5.74, 6) is -2.09. The molecule has 7 heteroatoms. The first-order chi connectivity index (χ1) is 17.6. The summed E-state index contributed by atoms with van der Waals surface area (Å²) >= 11 is 0. The number of rotatable bonds is 5. The van der Waals surface area contributed by atoms with Gasteiger partial charge in [0.1, 0.15) is 6.04 Å². The van der Waals surface area contributed by atoms with E-state index in [9.17, 15) is 19.5 Å². The van der Waals surface area contributed by atoms with Crippen LogP contribution in [0.4, 0.5) is 16.2 Å². The molecule has 0 fully saturated rings. The highest BCUT2D eigenvalue weighted by Gasteiger charge is 2.43. The number of fused-ring (bicyclic) bond motifs is 1. The predicted molar refractivity (Wildman–Crippen MR) is 142 cm³/mol. The van der Waals surface area contributed by atoms with E-state index in [2.05, 4.69) is 10.6 Å². The number of carboxylic acids is 1. The van der Waals surface area contributed by atoms with Gasteiger partial charge in [0, 0.05) is 17.3 Å². The van der Waals surface area contributed by atoms with Crippen molar-refractivity contribution in [3.8, 4) is 0 Å². The SMILES string of the molecule is Cc1cccc(NC(=O)NC2CC(c3ccccc3)c3ccccc3N(C(C(=O)[O-])C(C)(C)C)C2=O)c1. The van der Waals surface area contributed by atoms with Crippen molar-refractivity contribution in [2.24, 2.45) is 5.41 Å². The van der Waals surface area contributed by atoms with Crippen LogP contribution < -0.4 is 20.6 Å². The molecular formula is C30H32N3O4-. The molecule has 192 valence electrons. The van der Waals surface area contributed by atoms with Gasteiger partial charge in [0.25, 0.3) is 0 Å². The Balaban J connectivity index is 1.79. The monoisotopic (exact) mass is 498 g/mol. The highest BCUT2D eigenvalue weighted by Crippen LogP contribution is 2.42. The number of nitrogens with one attached hydrogen (secondary N) is 2. The van der Waals surface area contributed by atoms with Gasteiger partial charge in [0.2, 0.25) is 5.91 Å². The van der Waals surface area contributed by atoms with Crippen molar-refractivity contribution >= 4 is 29.3 Å². The van der Waals surface area contributed by atoms with Crippen molar-refractivity contribution in [3.63, 3.8) is 0 Å². The van der Waals surface area contributed by atoms with Crippen molar-refractivity contribution in [2.75, 3.05) is 10.2 Å². The maximum absolute atomic E-state index is 14.1. The van der Waals surface area contributed by atoms with Gasteiger partial charge in [-0.3, -0.25) is 4.79 Å². The molecule has 0 radical (unpaired) electrons. The highest BCUT2D eigenvalue weighted by atomic mass is 16.4. The Morgan fingerprint density at radius 3 is 2.30 bits per heavy atom. The van der Waals surface area contributed by atoms with Gasteiger partial charge in [-0.2, -0.15) is 0 Å². The van der Waals surface area contributed by atoms with Crippen LogP contribution in [0.2, 0.25) is 0 Å². The number of urea groups is 1. The molecule has 1 aliphatic heterocycles. The molecule has 3 amide bonds. The zero-order valence-electron chi connectivity index (χ0n) is 21.5. The van der Waals surface area contributed by atoms with Gasteiger partial charge < -0.3 is 25.4 Å². The number of carbonyl (C=O) groups excluding carboxylic acids is 3. The van der Waals surface area contributed by atoms with Gasteiger partial charge in [-0.15, -0.1) is 0 Å². The zero-order chi connectivity index (χ0) is 26.7. The lowest BCUT2D eigenvalue weighted by Gasteiger charge is -2.41. The van der Waals surface area contributed by atoms with Crippen LogP contribution in [-0.2, 0) is 9.59 Å². The van der Waals surface area contributed by atoms with Gasteiger partial charge in [-0.05, 0) is 53.6 Å². The van der Waals surface area contributed by atoms with Crippen molar-refractivity contribution in [3.05, 3.63) is 95.6 Å². The number of carbonyl (C=O) groups is 3. The average Bonchev–Trinajstić information content (AvgIpc) is 2.94. The van der Waals surface area contributed by atoms with Gasteiger partial charge in [-0.25, -0.2) is 4.79 Å². The number of anilines is 2. The molecule has 3 aromatic carbocycles. The number of benzene rings is 3. The first kappa shape index (κ1) is 25.9. The Labute approximate surface area is 217 Å². The number of hydrogen-bond acceptors (Lipinski definition) is 4. The summed E-state index contributed by atoms with van der Waals surface area (Å²) in [6, 6.07) is 21.6. The fraction of sp³-hybridized carbons (Fsp3) is 0.300. The molecular weight excluding hydrogens is 466 g/mol. The molecule has 0 bridgehead atoms. The van der Waals surface area contributed by atoms with E-state index in [1.54, 1.807) is 39.0 Å². The van der Waals surface area contributed by atoms with Crippen LogP contribution in [0.15, 0.2) is 78.9 Å². The molecule has 3 aromatic rings. The average molecular weight is 499 g/mol. The molecule has 0 aromatic heterocycles. The highest BCUT2D eigenvalue weighted by molar-refractivity contribution is 6.05. The first-order valence-electron chi connectivity index (χ1n) is 12.4. The first-order valence-corrected chi connectivity index (χ1v) is 12.4. The third-order valence-corrected chi connectivity index (χ3v) is 6.66. The predicted octanol–water partition coefficient (Wildman–Crippen LogP) is 4.22. The number of aryl methyl sites for hydroxylation is 1. The fourth-order valence-electron chi connectivity index (χ4n) is 5.03. The Bertz CT molecular complexity index is 1300. The van der Waals surface area contributed by atoms with Crippen LogP contribution in [0.5, 0.6) is 0 Å². The normalized spacial score (nSPS) is 18.4. The van der Waals surface area contributed by atoms with Crippen molar-refractivity contribution in [1.82, 2.24) is 5.32 Å². The van der Waals surface area contributed by atoms with Gasteiger partial charge in [-0.1, -0.05) is 81.4 Å². The molecule has 0 aliphatic carbocycles. The summed E-state index contributed by atoms with van der Waals surface area (Å²) in [6.45, 7) is 7.20. The molecule has 0 spiro atoms. The Morgan fingerprint density at radius 2 is 1.65 bits per heavy atom. The van der Waals surface area contributed by atoms with E-state index in [1.165, 1.54) is 4.90 Å². The molecule has 1 heterocycles. The summed E-state index contributed by atoms with van der Waals surface area (Å²) in [5.41, 5.74) is 3.05.